The highest BCUT2D eigenvalue weighted by atomic mass is 35.5. The summed E-state index contributed by atoms with van der Waals surface area (Å²) in [5, 5.41) is 0.152. The Balaban J connectivity index is 2.21. The third-order valence-corrected chi connectivity index (χ3v) is 4.00. The number of hydrogen-bond acceptors (Lipinski definition) is 3. The summed E-state index contributed by atoms with van der Waals surface area (Å²) in [4.78, 5) is 3.49. The van der Waals surface area contributed by atoms with Crippen LogP contribution in [0.1, 0.15) is 5.69 Å². The lowest BCUT2D eigenvalue weighted by molar-refractivity contribution is 0.556. The topological polar surface area (TPSA) is 59.1 Å². The van der Waals surface area contributed by atoms with Gasteiger partial charge in [0.2, 0.25) is 10.0 Å². The van der Waals surface area contributed by atoms with E-state index in [-0.39, 0.29) is 11.6 Å². The number of halogens is 2. The molecule has 0 spiro atoms. The molecule has 0 unspecified atom stereocenters. The minimum absolute atomic E-state index is 0.0187. The van der Waals surface area contributed by atoms with E-state index in [0.29, 0.717) is 5.69 Å². The third kappa shape index (κ3) is 3.50. The van der Waals surface area contributed by atoms with Gasteiger partial charge in [0, 0.05) is 11.2 Å². The van der Waals surface area contributed by atoms with E-state index >= 15 is 0 Å². The Morgan fingerprint density at radius 1 is 1.26 bits per heavy atom. The van der Waals surface area contributed by atoms with Gasteiger partial charge < -0.3 is 0 Å². The molecule has 1 aromatic heterocycles. The number of hydrogen-bond donors (Lipinski definition) is 1. The quantitative estimate of drug-likeness (QED) is 0.943. The summed E-state index contributed by atoms with van der Waals surface area (Å²) in [6, 6.07) is 8.48. The van der Waals surface area contributed by atoms with E-state index < -0.39 is 20.7 Å². The van der Waals surface area contributed by atoms with E-state index in [1.54, 1.807) is 24.4 Å². The molecule has 0 saturated carbocycles. The zero-order valence-corrected chi connectivity index (χ0v) is 11.2. The molecule has 1 heterocycles. The first-order valence-corrected chi connectivity index (χ1v) is 7.20. The minimum Gasteiger partial charge on any atom is -0.260 e. The standard InChI is InChI=1S/C12H10ClFN2O2S/c13-9-4-5-11(14)12(7-9)19(17,18)16-8-10-3-1-2-6-15-10/h1-7,16H,8H2. The van der Waals surface area contributed by atoms with Gasteiger partial charge in [0.15, 0.2) is 0 Å². The summed E-state index contributed by atoms with van der Waals surface area (Å²) in [5.74, 6) is -0.849. The first-order valence-electron chi connectivity index (χ1n) is 5.34. The summed E-state index contributed by atoms with van der Waals surface area (Å²) < 4.78 is 39.7. The van der Waals surface area contributed by atoms with E-state index in [9.17, 15) is 12.8 Å². The van der Waals surface area contributed by atoms with Gasteiger partial charge >= 0.3 is 0 Å². The molecule has 100 valence electrons. The maximum absolute atomic E-state index is 13.5. The van der Waals surface area contributed by atoms with Crippen LogP contribution in [0.25, 0.3) is 0 Å². The van der Waals surface area contributed by atoms with Gasteiger partial charge in [0.25, 0.3) is 0 Å². The van der Waals surface area contributed by atoms with Crippen LogP contribution < -0.4 is 4.72 Å². The fourth-order valence-electron chi connectivity index (χ4n) is 1.43. The molecule has 4 nitrogen and oxygen atoms in total. The van der Waals surface area contributed by atoms with Crippen LogP contribution in [-0.4, -0.2) is 13.4 Å². The Morgan fingerprint density at radius 3 is 2.74 bits per heavy atom. The van der Waals surface area contributed by atoms with Crippen LogP contribution in [0.5, 0.6) is 0 Å². The zero-order chi connectivity index (χ0) is 13.9. The summed E-state index contributed by atoms with van der Waals surface area (Å²) in [6.07, 6.45) is 1.55. The fourth-order valence-corrected chi connectivity index (χ4v) is 2.77. The van der Waals surface area contributed by atoms with E-state index in [4.69, 9.17) is 11.6 Å². The van der Waals surface area contributed by atoms with Crippen molar-refractivity contribution in [2.45, 2.75) is 11.4 Å². The fraction of sp³-hybridized carbons (Fsp3) is 0.0833. The first-order chi connectivity index (χ1) is 8.99. The Bertz CT molecular complexity index is 677. The second-order valence-corrected chi connectivity index (χ2v) is 5.89. The summed E-state index contributed by atoms with van der Waals surface area (Å²) >= 11 is 5.67. The van der Waals surface area contributed by atoms with Crippen molar-refractivity contribution in [2.75, 3.05) is 0 Å². The second kappa shape index (κ2) is 5.64. The van der Waals surface area contributed by atoms with Gasteiger partial charge in [-0.25, -0.2) is 17.5 Å². The highest BCUT2D eigenvalue weighted by Crippen LogP contribution is 2.19. The molecule has 2 rings (SSSR count). The molecule has 0 radical (unpaired) electrons. The molecule has 0 aliphatic carbocycles. The van der Waals surface area contributed by atoms with Crippen molar-refractivity contribution in [1.29, 1.82) is 0 Å². The highest BCUT2D eigenvalue weighted by molar-refractivity contribution is 7.89. The third-order valence-electron chi connectivity index (χ3n) is 2.35. The van der Waals surface area contributed by atoms with Gasteiger partial charge in [-0.1, -0.05) is 17.7 Å². The lowest BCUT2D eigenvalue weighted by Crippen LogP contribution is -2.24. The molecule has 19 heavy (non-hydrogen) atoms. The first kappa shape index (κ1) is 13.9. The molecule has 0 aliphatic rings. The van der Waals surface area contributed by atoms with Gasteiger partial charge in [-0.2, -0.15) is 0 Å². The van der Waals surface area contributed by atoms with Gasteiger partial charge in [0.05, 0.1) is 12.2 Å². The molecule has 0 amide bonds. The number of rotatable bonds is 4. The van der Waals surface area contributed by atoms with Crippen molar-refractivity contribution < 1.29 is 12.8 Å². The predicted octanol–water partition coefficient (Wildman–Crippen LogP) is 2.35. The van der Waals surface area contributed by atoms with Crippen molar-refractivity contribution in [2.24, 2.45) is 0 Å². The highest BCUT2D eigenvalue weighted by Gasteiger charge is 2.19. The Morgan fingerprint density at radius 2 is 2.05 bits per heavy atom. The number of nitrogens with zero attached hydrogens (tertiary/aromatic N) is 1. The molecule has 7 heteroatoms. The number of benzene rings is 1. The molecule has 0 fully saturated rings. The maximum atomic E-state index is 13.5. The van der Waals surface area contributed by atoms with Gasteiger partial charge in [-0.3, -0.25) is 4.98 Å². The van der Waals surface area contributed by atoms with Crippen molar-refractivity contribution in [3.8, 4) is 0 Å². The average Bonchev–Trinajstić information content (AvgIpc) is 2.40. The Hall–Kier alpha value is -1.50. The molecule has 0 aliphatic heterocycles. The molecular formula is C12H10ClFN2O2S. The van der Waals surface area contributed by atoms with E-state index in [1.165, 1.54) is 6.07 Å². The summed E-state index contributed by atoms with van der Waals surface area (Å²) in [5.41, 5.74) is 0.536. The number of aromatic nitrogens is 1. The van der Waals surface area contributed by atoms with Crippen LogP contribution in [0.2, 0.25) is 5.02 Å². The second-order valence-electron chi connectivity index (χ2n) is 3.72. The summed E-state index contributed by atoms with van der Waals surface area (Å²) in [7, 11) is -3.96. The lowest BCUT2D eigenvalue weighted by Gasteiger charge is -2.07. The molecule has 2 aromatic rings. The Labute approximate surface area is 115 Å². The number of nitrogens with one attached hydrogen (secondary N) is 1. The smallest absolute Gasteiger partial charge is 0.243 e. The lowest BCUT2D eigenvalue weighted by atomic mass is 10.3. The number of sulfonamides is 1. The van der Waals surface area contributed by atoms with Crippen LogP contribution >= 0.6 is 11.6 Å². The minimum atomic E-state index is -3.96. The molecule has 0 bridgehead atoms. The van der Waals surface area contributed by atoms with Crippen molar-refractivity contribution >= 4 is 21.6 Å². The maximum Gasteiger partial charge on any atom is 0.243 e. The monoisotopic (exact) mass is 300 g/mol. The van der Waals surface area contributed by atoms with Crippen molar-refractivity contribution in [3.05, 3.63) is 59.1 Å². The van der Waals surface area contributed by atoms with Gasteiger partial charge in [0.1, 0.15) is 10.7 Å². The van der Waals surface area contributed by atoms with E-state index in [2.05, 4.69) is 9.71 Å². The SMILES string of the molecule is O=S(=O)(NCc1ccccn1)c1cc(Cl)ccc1F. The molecule has 0 atom stereocenters. The molecule has 1 N–H and O–H groups in total. The molecular weight excluding hydrogens is 291 g/mol. The predicted molar refractivity (Wildman–Crippen MR) is 69.7 cm³/mol. The zero-order valence-electron chi connectivity index (χ0n) is 9.68. The normalized spacial score (nSPS) is 11.5. The van der Waals surface area contributed by atoms with Crippen LogP contribution in [-0.2, 0) is 16.6 Å². The van der Waals surface area contributed by atoms with Gasteiger partial charge in [-0.15, -0.1) is 0 Å². The van der Waals surface area contributed by atoms with Gasteiger partial charge in [-0.05, 0) is 30.3 Å². The van der Waals surface area contributed by atoms with E-state index in [1.807, 2.05) is 0 Å². The average molecular weight is 301 g/mol. The van der Waals surface area contributed by atoms with Crippen molar-refractivity contribution in [1.82, 2.24) is 9.71 Å². The van der Waals surface area contributed by atoms with Crippen molar-refractivity contribution in [3.63, 3.8) is 0 Å². The Kier molecular flexibility index (Phi) is 4.14. The van der Waals surface area contributed by atoms with Crippen LogP contribution in [0.4, 0.5) is 4.39 Å². The molecule has 0 saturated heterocycles. The molecule has 1 aromatic carbocycles. The van der Waals surface area contributed by atoms with Crippen LogP contribution in [0.3, 0.4) is 0 Å². The van der Waals surface area contributed by atoms with Crippen LogP contribution in [0.15, 0.2) is 47.5 Å². The largest absolute Gasteiger partial charge is 0.260 e. The summed E-state index contributed by atoms with van der Waals surface area (Å²) in [6.45, 7) is -0.0187. The van der Waals surface area contributed by atoms with E-state index in [0.717, 1.165) is 12.1 Å². The number of pyridine rings is 1. The van der Waals surface area contributed by atoms with Crippen LogP contribution in [0, 0.1) is 5.82 Å².